The number of nitrogens with one attached hydrogen (secondary N) is 2. The number of rotatable bonds is 7. The average Bonchev–Trinajstić information content (AvgIpc) is 3.34. The molecule has 2 heterocycles. The molecule has 0 saturated heterocycles. The molecule has 6 nitrogen and oxygen atoms in total. The van der Waals surface area contributed by atoms with Gasteiger partial charge in [-0.15, -0.1) is 22.7 Å². The van der Waals surface area contributed by atoms with Crippen molar-refractivity contribution >= 4 is 45.3 Å². The Morgan fingerprint density at radius 2 is 1.97 bits per heavy atom. The molecule has 2 amide bonds. The molecule has 30 heavy (non-hydrogen) atoms. The van der Waals surface area contributed by atoms with Crippen LogP contribution in [0.1, 0.15) is 27.9 Å². The van der Waals surface area contributed by atoms with E-state index in [2.05, 4.69) is 15.6 Å². The SMILES string of the molecule is CCOc1ccc(C(F)(F)F)cc1NC(=O)Cc1csc(NC(=O)c2cccs2)n1. The van der Waals surface area contributed by atoms with E-state index < -0.39 is 17.6 Å². The maximum atomic E-state index is 13.0. The van der Waals surface area contributed by atoms with Gasteiger partial charge in [0.2, 0.25) is 5.91 Å². The zero-order chi connectivity index (χ0) is 21.7. The fraction of sp³-hybridized carbons (Fsp3) is 0.211. The number of anilines is 2. The molecule has 0 unspecified atom stereocenters. The molecule has 0 saturated carbocycles. The maximum absolute atomic E-state index is 13.0. The molecular formula is C19H16F3N3O3S2. The molecule has 0 aliphatic heterocycles. The minimum atomic E-state index is -4.55. The summed E-state index contributed by atoms with van der Waals surface area (Å²) in [6.45, 7) is 1.91. The first kappa shape index (κ1) is 21.8. The molecular weight excluding hydrogens is 439 g/mol. The maximum Gasteiger partial charge on any atom is 0.416 e. The summed E-state index contributed by atoms with van der Waals surface area (Å²) in [6, 6.07) is 6.32. The smallest absolute Gasteiger partial charge is 0.416 e. The predicted octanol–water partition coefficient (Wildman–Crippen LogP) is 5.06. The molecule has 0 atom stereocenters. The van der Waals surface area contributed by atoms with Crippen molar-refractivity contribution in [3.63, 3.8) is 0 Å². The highest BCUT2D eigenvalue weighted by Gasteiger charge is 2.31. The zero-order valence-electron chi connectivity index (χ0n) is 15.6. The highest BCUT2D eigenvalue weighted by molar-refractivity contribution is 7.14. The molecule has 3 aromatic rings. The number of thiophene rings is 1. The van der Waals surface area contributed by atoms with Crippen molar-refractivity contribution in [1.29, 1.82) is 0 Å². The number of halogens is 3. The molecule has 0 aliphatic rings. The number of hydrogen-bond donors (Lipinski definition) is 2. The Labute approximate surface area is 177 Å². The van der Waals surface area contributed by atoms with Gasteiger partial charge in [-0.1, -0.05) is 6.07 Å². The number of carbonyl (C=O) groups excluding carboxylic acids is 2. The van der Waals surface area contributed by atoms with Crippen LogP contribution in [0.15, 0.2) is 41.1 Å². The fourth-order valence-electron chi connectivity index (χ4n) is 2.46. The van der Waals surface area contributed by atoms with Crippen molar-refractivity contribution in [2.24, 2.45) is 0 Å². The summed E-state index contributed by atoms with van der Waals surface area (Å²) in [5.41, 5.74) is -0.587. The Bertz CT molecular complexity index is 1030. The van der Waals surface area contributed by atoms with Gasteiger partial charge in [-0.2, -0.15) is 13.2 Å². The average molecular weight is 455 g/mol. The van der Waals surface area contributed by atoms with E-state index in [4.69, 9.17) is 4.74 Å². The van der Waals surface area contributed by atoms with Crippen LogP contribution in [-0.4, -0.2) is 23.4 Å². The van der Waals surface area contributed by atoms with Gasteiger partial charge < -0.3 is 10.1 Å². The lowest BCUT2D eigenvalue weighted by molar-refractivity contribution is -0.137. The van der Waals surface area contributed by atoms with Gasteiger partial charge in [-0.3, -0.25) is 14.9 Å². The molecule has 2 N–H and O–H groups in total. The van der Waals surface area contributed by atoms with Crippen LogP contribution in [0.2, 0.25) is 0 Å². The summed E-state index contributed by atoms with van der Waals surface area (Å²) in [7, 11) is 0. The van der Waals surface area contributed by atoms with Crippen molar-refractivity contribution in [1.82, 2.24) is 4.98 Å². The minimum Gasteiger partial charge on any atom is -0.492 e. The van der Waals surface area contributed by atoms with E-state index in [1.165, 1.54) is 17.4 Å². The first-order valence-electron chi connectivity index (χ1n) is 8.69. The number of benzene rings is 1. The number of thiazole rings is 1. The second-order valence-electron chi connectivity index (χ2n) is 5.94. The van der Waals surface area contributed by atoms with Crippen LogP contribution in [0.4, 0.5) is 24.0 Å². The van der Waals surface area contributed by atoms with Crippen molar-refractivity contribution in [3.8, 4) is 5.75 Å². The molecule has 0 fully saturated rings. The van der Waals surface area contributed by atoms with Gasteiger partial charge in [0.05, 0.1) is 34.8 Å². The summed E-state index contributed by atoms with van der Waals surface area (Å²) in [5, 5.41) is 8.78. The topological polar surface area (TPSA) is 80.3 Å². The number of hydrogen-bond acceptors (Lipinski definition) is 6. The fourth-order valence-corrected chi connectivity index (χ4v) is 3.78. The second kappa shape index (κ2) is 9.26. The van der Waals surface area contributed by atoms with Crippen LogP contribution in [0.25, 0.3) is 0 Å². The largest absolute Gasteiger partial charge is 0.492 e. The van der Waals surface area contributed by atoms with Crippen LogP contribution in [0.3, 0.4) is 0 Å². The third-order valence-corrected chi connectivity index (χ3v) is 5.41. The summed E-state index contributed by atoms with van der Waals surface area (Å²) < 4.78 is 44.2. The Balaban J connectivity index is 1.67. The standard InChI is InChI=1S/C19H16F3N3O3S2/c1-2-28-14-6-5-11(19(20,21)22)8-13(14)24-16(26)9-12-10-30-18(23-12)25-17(27)15-4-3-7-29-15/h3-8,10H,2,9H2,1H3,(H,24,26)(H,23,25,27). The molecule has 0 aliphatic carbocycles. The number of aromatic nitrogens is 1. The number of alkyl halides is 3. The van der Waals surface area contributed by atoms with E-state index in [-0.39, 0.29) is 30.4 Å². The summed E-state index contributed by atoms with van der Waals surface area (Å²) in [4.78, 5) is 29.1. The Hall–Kier alpha value is -2.92. The van der Waals surface area contributed by atoms with Crippen LogP contribution in [0.5, 0.6) is 5.75 Å². The lowest BCUT2D eigenvalue weighted by Gasteiger charge is -2.14. The van der Waals surface area contributed by atoms with Gasteiger partial charge in [0, 0.05) is 5.38 Å². The summed E-state index contributed by atoms with van der Waals surface area (Å²) >= 11 is 2.43. The van der Waals surface area contributed by atoms with Crippen LogP contribution >= 0.6 is 22.7 Å². The lowest BCUT2D eigenvalue weighted by atomic mass is 10.1. The Morgan fingerprint density at radius 3 is 2.63 bits per heavy atom. The number of ether oxygens (including phenoxy) is 1. The van der Waals surface area contributed by atoms with Crippen LogP contribution in [0, 0.1) is 0 Å². The van der Waals surface area contributed by atoms with Gasteiger partial charge in [0.1, 0.15) is 5.75 Å². The van der Waals surface area contributed by atoms with E-state index in [0.717, 1.165) is 23.5 Å². The normalized spacial score (nSPS) is 11.2. The van der Waals surface area contributed by atoms with Gasteiger partial charge in [0.25, 0.3) is 5.91 Å². The Kier molecular flexibility index (Phi) is 6.73. The summed E-state index contributed by atoms with van der Waals surface area (Å²) in [6.07, 6.45) is -4.72. The third-order valence-electron chi connectivity index (χ3n) is 3.74. The zero-order valence-corrected chi connectivity index (χ0v) is 17.2. The number of carbonyl (C=O) groups is 2. The molecule has 2 aromatic heterocycles. The van der Waals surface area contributed by atoms with Gasteiger partial charge >= 0.3 is 6.18 Å². The number of amides is 2. The molecule has 0 radical (unpaired) electrons. The van der Waals surface area contributed by atoms with Crippen molar-refractivity contribution in [2.75, 3.05) is 17.2 Å². The van der Waals surface area contributed by atoms with Crippen LogP contribution in [-0.2, 0) is 17.4 Å². The minimum absolute atomic E-state index is 0.0712. The molecule has 0 spiro atoms. The van der Waals surface area contributed by atoms with E-state index in [0.29, 0.717) is 15.7 Å². The monoisotopic (exact) mass is 455 g/mol. The lowest BCUT2D eigenvalue weighted by Crippen LogP contribution is -2.17. The van der Waals surface area contributed by atoms with Gasteiger partial charge in [0.15, 0.2) is 5.13 Å². The highest BCUT2D eigenvalue weighted by Crippen LogP contribution is 2.35. The van der Waals surface area contributed by atoms with E-state index in [1.54, 1.807) is 29.8 Å². The highest BCUT2D eigenvalue weighted by atomic mass is 32.1. The van der Waals surface area contributed by atoms with E-state index >= 15 is 0 Å². The van der Waals surface area contributed by atoms with Crippen LogP contribution < -0.4 is 15.4 Å². The van der Waals surface area contributed by atoms with Gasteiger partial charge in [-0.25, -0.2) is 4.98 Å². The molecule has 158 valence electrons. The second-order valence-corrected chi connectivity index (χ2v) is 7.75. The van der Waals surface area contributed by atoms with Crippen molar-refractivity contribution in [2.45, 2.75) is 19.5 Å². The van der Waals surface area contributed by atoms with Crippen molar-refractivity contribution < 1.29 is 27.5 Å². The van der Waals surface area contributed by atoms with E-state index in [1.807, 2.05) is 0 Å². The first-order valence-corrected chi connectivity index (χ1v) is 10.5. The Morgan fingerprint density at radius 1 is 1.17 bits per heavy atom. The molecule has 1 aromatic carbocycles. The molecule has 3 rings (SSSR count). The van der Waals surface area contributed by atoms with E-state index in [9.17, 15) is 22.8 Å². The molecule has 11 heteroatoms. The predicted molar refractivity (Wildman–Crippen MR) is 109 cm³/mol. The van der Waals surface area contributed by atoms with Crippen molar-refractivity contribution in [3.05, 3.63) is 57.2 Å². The number of nitrogens with zero attached hydrogens (tertiary/aromatic N) is 1. The third kappa shape index (κ3) is 5.57. The quantitative estimate of drug-likeness (QED) is 0.522. The van der Waals surface area contributed by atoms with Gasteiger partial charge in [-0.05, 0) is 36.6 Å². The summed E-state index contributed by atoms with van der Waals surface area (Å²) in [5.74, 6) is -0.724. The molecule has 0 bridgehead atoms. The first-order chi connectivity index (χ1) is 14.3.